The Balaban J connectivity index is 2.28. The standard InChI is InChI=1S/C12H10F3N3/c1-8-3-2-5-17-11(8)18-9-4-6-16-10(7-9)12(13,14)15/h2-7H,1H3,(H,16,17,18). The van der Waals surface area contributed by atoms with Gasteiger partial charge in [0.05, 0.1) is 0 Å². The van der Waals surface area contributed by atoms with E-state index in [1.54, 1.807) is 12.3 Å². The van der Waals surface area contributed by atoms with Crippen molar-refractivity contribution in [3.63, 3.8) is 0 Å². The number of halogens is 3. The van der Waals surface area contributed by atoms with Crippen molar-refractivity contribution in [2.24, 2.45) is 0 Å². The van der Waals surface area contributed by atoms with E-state index >= 15 is 0 Å². The average Bonchev–Trinajstić information content (AvgIpc) is 2.31. The van der Waals surface area contributed by atoms with E-state index in [4.69, 9.17) is 0 Å². The van der Waals surface area contributed by atoms with Crippen molar-refractivity contribution in [3.8, 4) is 0 Å². The lowest BCUT2D eigenvalue weighted by molar-refractivity contribution is -0.141. The van der Waals surface area contributed by atoms with Gasteiger partial charge in [-0.3, -0.25) is 4.98 Å². The van der Waals surface area contributed by atoms with E-state index < -0.39 is 11.9 Å². The molecule has 2 heterocycles. The van der Waals surface area contributed by atoms with Gasteiger partial charge in [0.25, 0.3) is 0 Å². The summed E-state index contributed by atoms with van der Waals surface area (Å²) in [4.78, 5) is 7.34. The lowest BCUT2D eigenvalue weighted by Crippen LogP contribution is -2.08. The number of aryl methyl sites for hydroxylation is 1. The molecule has 0 spiro atoms. The van der Waals surface area contributed by atoms with Crippen molar-refractivity contribution >= 4 is 11.5 Å². The third-order valence-corrected chi connectivity index (χ3v) is 2.32. The van der Waals surface area contributed by atoms with Crippen LogP contribution in [0.3, 0.4) is 0 Å². The number of alkyl halides is 3. The van der Waals surface area contributed by atoms with E-state index in [1.807, 2.05) is 13.0 Å². The number of hydrogen-bond acceptors (Lipinski definition) is 3. The molecule has 0 amide bonds. The van der Waals surface area contributed by atoms with Crippen LogP contribution in [0.4, 0.5) is 24.7 Å². The van der Waals surface area contributed by atoms with Crippen molar-refractivity contribution in [1.29, 1.82) is 0 Å². The van der Waals surface area contributed by atoms with Gasteiger partial charge in [-0.1, -0.05) is 6.07 Å². The highest BCUT2D eigenvalue weighted by atomic mass is 19.4. The lowest BCUT2D eigenvalue weighted by atomic mass is 10.2. The zero-order valence-corrected chi connectivity index (χ0v) is 9.49. The van der Waals surface area contributed by atoms with Gasteiger partial charge >= 0.3 is 6.18 Å². The van der Waals surface area contributed by atoms with Crippen molar-refractivity contribution in [1.82, 2.24) is 9.97 Å². The molecular weight excluding hydrogens is 243 g/mol. The normalized spacial score (nSPS) is 11.3. The molecule has 0 aliphatic rings. The molecule has 1 N–H and O–H groups in total. The fourth-order valence-electron chi connectivity index (χ4n) is 1.42. The van der Waals surface area contributed by atoms with Gasteiger partial charge in [-0.25, -0.2) is 4.98 Å². The van der Waals surface area contributed by atoms with Crippen LogP contribution in [0.15, 0.2) is 36.7 Å². The summed E-state index contributed by atoms with van der Waals surface area (Å²) in [5.74, 6) is 0.525. The molecule has 0 atom stereocenters. The second-order valence-corrected chi connectivity index (χ2v) is 3.72. The molecular formula is C12H10F3N3. The molecule has 2 aromatic heterocycles. The van der Waals surface area contributed by atoms with E-state index in [0.717, 1.165) is 17.8 Å². The molecule has 2 aromatic rings. The summed E-state index contributed by atoms with van der Waals surface area (Å²) in [6.07, 6.45) is -1.76. The second kappa shape index (κ2) is 4.64. The van der Waals surface area contributed by atoms with Crippen molar-refractivity contribution in [3.05, 3.63) is 47.9 Å². The minimum atomic E-state index is -4.45. The number of rotatable bonds is 2. The third-order valence-electron chi connectivity index (χ3n) is 2.32. The molecule has 2 rings (SSSR count). The smallest absolute Gasteiger partial charge is 0.340 e. The number of pyridine rings is 2. The highest BCUT2D eigenvalue weighted by Crippen LogP contribution is 2.29. The van der Waals surface area contributed by atoms with Crippen molar-refractivity contribution in [2.45, 2.75) is 13.1 Å². The first-order valence-corrected chi connectivity index (χ1v) is 5.19. The number of nitrogens with zero attached hydrogens (tertiary/aromatic N) is 2. The predicted octanol–water partition coefficient (Wildman–Crippen LogP) is 3.55. The van der Waals surface area contributed by atoms with Gasteiger partial charge in [0, 0.05) is 18.1 Å². The predicted molar refractivity (Wildman–Crippen MR) is 61.5 cm³/mol. The summed E-state index contributed by atoms with van der Waals surface area (Å²) in [5, 5.41) is 2.83. The van der Waals surface area contributed by atoms with Gasteiger partial charge in [-0.2, -0.15) is 13.2 Å². The van der Waals surface area contributed by atoms with Gasteiger partial charge in [0.2, 0.25) is 0 Å². The minimum Gasteiger partial charge on any atom is -0.340 e. The summed E-state index contributed by atoms with van der Waals surface area (Å²) in [5.41, 5.74) is 0.225. The quantitative estimate of drug-likeness (QED) is 0.889. The fraction of sp³-hybridized carbons (Fsp3) is 0.167. The molecule has 0 aliphatic carbocycles. The number of anilines is 2. The molecule has 0 bridgehead atoms. The maximum Gasteiger partial charge on any atom is 0.433 e. The molecule has 0 saturated heterocycles. The summed E-state index contributed by atoms with van der Waals surface area (Å²) < 4.78 is 37.4. The Morgan fingerprint density at radius 3 is 2.56 bits per heavy atom. The maximum absolute atomic E-state index is 12.5. The Hall–Kier alpha value is -2.11. The van der Waals surface area contributed by atoms with Crippen molar-refractivity contribution in [2.75, 3.05) is 5.32 Å². The fourth-order valence-corrected chi connectivity index (χ4v) is 1.42. The third kappa shape index (κ3) is 2.77. The van der Waals surface area contributed by atoms with E-state index in [2.05, 4.69) is 15.3 Å². The molecule has 18 heavy (non-hydrogen) atoms. The average molecular weight is 253 g/mol. The van der Waals surface area contributed by atoms with Gasteiger partial charge in [0.15, 0.2) is 0 Å². The molecule has 0 unspecified atom stereocenters. The number of aromatic nitrogens is 2. The van der Waals surface area contributed by atoms with Crippen LogP contribution in [0.1, 0.15) is 11.3 Å². The first-order chi connectivity index (χ1) is 8.47. The minimum absolute atomic E-state index is 0.305. The van der Waals surface area contributed by atoms with Crippen LogP contribution in [0, 0.1) is 6.92 Å². The molecule has 0 saturated carbocycles. The van der Waals surface area contributed by atoms with E-state index in [0.29, 0.717) is 11.5 Å². The van der Waals surface area contributed by atoms with Crippen LogP contribution in [0.5, 0.6) is 0 Å². The van der Waals surface area contributed by atoms with Crippen LogP contribution in [0.25, 0.3) is 0 Å². The molecule has 0 aliphatic heterocycles. The highest BCUT2D eigenvalue weighted by Gasteiger charge is 2.32. The zero-order valence-electron chi connectivity index (χ0n) is 9.49. The van der Waals surface area contributed by atoms with E-state index in [1.165, 1.54) is 6.07 Å². The van der Waals surface area contributed by atoms with Crippen LogP contribution in [-0.2, 0) is 6.18 Å². The maximum atomic E-state index is 12.5. The Kier molecular flexibility index (Phi) is 3.18. The summed E-state index contributed by atoms with van der Waals surface area (Å²) >= 11 is 0. The second-order valence-electron chi connectivity index (χ2n) is 3.72. The van der Waals surface area contributed by atoms with Crippen molar-refractivity contribution < 1.29 is 13.2 Å². The highest BCUT2D eigenvalue weighted by molar-refractivity contribution is 5.58. The van der Waals surface area contributed by atoms with E-state index in [-0.39, 0.29) is 0 Å². The van der Waals surface area contributed by atoms with Crippen LogP contribution in [0.2, 0.25) is 0 Å². The first kappa shape index (κ1) is 12.3. The van der Waals surface area contributed by atoms with Gasteiger partial charge in [0.1, 0.15) is 11.5 Å². The number of nitrogens with one attached hydrogen (secondary N) is 1. The van der Waals surface area contributed by atoms with Gasteiger partial charge in [-0.15, -0.1) is 0 Å². The van der Waals surface area contributed by atoms with Crippen LogP contribution >= 0.6 is 0 Å². The molecule has 0 radical (unpaired) electrons. The van der Waals surface area contributed by atoms with Crippen LogP contribution < -0.4 is 5.32 Å². The monoisotopic (exact) mass is 253 g/mol. The topological polar surface area (TPSA) is 37.8 Å². The lowest BCUT2D eigenvalue weighted by Gasteiger charge is -2.10. The zero-order chi connectivity index (χ0) is 13.2. The number of hydrogen-bond donors (Lipinski definition) is 1. The molecule has 3 nitrogen and oxygen atoms in total. The Bertz CT molecular complexity index is 552. The Morgan fingerprint density at radius 1 is 1.11 bits per heavy atom. The van der Waals surface area contributed by atoms with Gasteiger partial charge < -0.3 is 5.32 Å². The summed E-state index contributed by atoms with van der Waals surface area (Å²) in [6.45, 7) is 1.82. The first-order valence-electron chi connectivity index (χ1n) is 5.19. The largest absolute Gasteiger partial charge is 0.433 e. The molecule has 94 valence electrons. The summed E-state index contributed by atoms with van der Waals surface area (Å²) in [6, 6.07) is 5.99. The Morgan fingerprint density at radius 2 is 1.89 bits per heavy atom. The van der Waals surface area contributed by atoms with Gasteiger partial charge in [-0.05, 0) is 30.7 Å². The summed E-state index contributed by atoms with van der Waals surface area (Å²) in [7, 11) is 0. The molecule has 0 aromatic carbocycles. The SMILES string of the molecule is Cc1cccnc1Nc1ccnc(C(F)(F)F)c1. The molecule has 6 heteroatoms. The van der Waals surface area contributed by atoms with Crippen LogP contribution in [-0.4, -0.2) is 9.97 Å². The molecule has 0 fully saturated rings. The van der Waals surface area contributed by atoms with E-state index in [9.17, 15) is 13.2 Å². The Labute approximate surface area is 102 Å².